The van der Waals surface area contributed by atoms with Crippen LogP contribution >= 0.6 is 69.6 Å². The van der Waals surface area contributed by atoms with Crippen LogP contribution in [0.1, 0.15) is 20.8 Å². The van der Waals surface area contributed by atoms with Crippen LogP contribution in [-0.2, 0) is 0 Å². The largest absolute Gasteiger partial charge is 0.0849 e. The minimum atomic E-state index is 1.43. The van der Waals surface area contributed by atoms with Crippen molar-refractivity contribution in [3.63, 3.8) is 0 Å². The van der Waals surface area contributed by atoms with Crippen LogP contribution in [0.4, 0.5) is 0 Å². The predicted octanol–water partition coefficient (Wildman–Crippen LogP) is 5.95. The molecule has 0 spiro atoms. The predicted molar refractivity (Wildman–Crippen MR) is 82.5 cm³/mol. The molecule has 5 heteroatoms. The highest BCUT2D eigenvalue weighted by Crippen LogP contribution is 2.60. The monoisotopic (exact) mass is 372 g/mol. The zero-order chi connectivity index (χ0) is 10.3. The standard InChI is InChI=1S/C9H9IS4/c1-4-5(2)12-8(11-4)9-13-6(3)7(10)14-9/h1-3H3. The van der Waals surface area contributed by atoms with Gasteiger partial charge in [0.1, 0.15) is 0 Å². The molecular weight excluding hydrogens is 363 g/mol. The first-order chi connectivity index (χ1) is 6.58. The van der Waals surface area contributed by atoms with Crippen molar-refractivity contribution in [3.05, 3.63) is 26.1 Å². The first-order valence-electron chi connectivity index (χ1n) is 4.07. The van der Waals surface area contributed by atoms with Gasteiger partial charge in [0.25, 0.3) is 0 Å². The summed E-state index contributed by atoms with van der Waals surface area (Å²) in [5.74, 6) is 0. The molecule has 0 bridgehead atoms. The Morgan fingerprint density at radius 2 is 1.14 bits per heavy atom. The Bertz CT molecular complexity index is 310. The average Bonchev–Trinajstić information content (AvgIpc) is 2.60. The molecule has 0 unspecified atom stereocenters. The molecule has 0 fully saturated rings. The minimum Gasteiger partial charge on any atom is -0.0849 e. The second-order valence-corrected chi connectivity index (χ2v) is 9.95. The molecule has 0 N–H and O–H groups in total. The SMILES string of the molecule is CC1=C(C)SC(=C2SC(C)=C(I)S2)S1. The summed E-state index contributed by atoms with van der Waals surface area (Å²) in [5.41, 5.74) is 0. The number of allylic oxidation sites excluding steroid dienone is 3. The van der Waals surface area contributed by atoms with Gasteiger partial charge in [-0.1, -0.05) is 47.0 Å². The van der Waals surface area contributed by atoms with E-state index in [-0.39, 0.29) is 0 Å². The van der Waals surface area contributed by atoms with E-state index in [9.17, 15) is 0 Å². The summed E-state index contributed by atoms with van der Waals surface area (Å²) in [5, 5.41) is 0. The number of halogens is 1. The topological polar surface area (TPSA) is 0 Å². The van der Waals surface area contributed by atoms with Gasteiger partial charge < -0.3 is 0 Å². The second-order valence-electron chi connectivity index (χ2n) is 2.93. The van der Waals surface area contributed by atoms with Crippen molar-refractivity contribution in [2.24, 2.45) is 0 Å². The van der Waals surface area contributed by atoms with Gasteiger partial charge in [-0.25, -0.2) is 0 Å². The van der Waals surface area contributed by atoms with Crippen molar-refractivity contribution in [1.29, 1.82) is 0 Å². The van der Waals surface area contributed by atoms with E-state index in [1.54, 1.807) is 0 Å². The van der Waals surface area contributed by atoms with Crippen LogP contribution < -0.4 is 0 Å². The fraction of sp³-hybridized carbons (Fsp3) is 0.333. The summed E-state index contributed by atoms with van der Waals surface area (Å²) in [6, 6.07) is 0. The Morgan fingerprint density at radius 3 is 1.57 bits per heavy atom. The van der Waals surface area contributed by atoms with Crippen molar-refractivity contribution in [2.45, 2.75) is 20.8 Å². The molecule has 0 aromatic heterocycles. The van der Waals surface area contributed by atoms with Gasteiger partial charge in [0.15, 0.2) is 0 Å². The summed E-state index contributed by atoms with van der Waals surface area (Å²) >= 11 is 10.1. The highest BCUT2D eigenvalue weighted by Gasteiger charge is 2.24. The minimum absolute atomic E-state index is 1.43. The van der Waals surface area contributed by atoms with E-state index in [0.29, 0.717) is 0 Å². The lowest BCUT2D eigenvalue weighted by molar-refractivity contribution is 1.57. The number of rotatable bonds is 0. The quantitative estimate of drug-likeness (QED) is 0.482. The molecular formula is C9H9IS4. The molecule has 0 aliphatic carbocycles. The molecule has 0 saturated carbocycles. The smallest absolute Gasteiger partial charge is 0.0707 e. The Hall–Kier alpha value is 1.35. The molecule has 0 amide bonds. The van der Waals surface area contributed by atoms with Crippen LogP contribution in [0.3, 0.4) is 0 Å². The summed E-state index contributed by atoms with van der Waals surface area (Å²) < 4.78 is 4.37. The maximum Gasteiger partial charge on any atom is 0.0707 e. The third-order valence-corrected chi connectivity index (χ3v) is 9.25. The molecule has 2 aliphatic rings. The summed E-state index contributed by atoms with van der Waals surface area (Å²) in [4.78, 5) is 4.36. The van der Waals surface area contributed by atoms with E-state index in [4.69, 9.17) is 0 Å². The zero-order valence-electron chi connectivity index (χ0n) is 8.01. The van der Waals surface area contributed by atoms with Gasteiger partial charge in [-0.15, -0.1) is 0 Å². The third kappa shape index (κ3) is 2.36. The zero-order valence-corrected chi connectivity index (χ0v) is 13.4. The van der Waals surface area contributed by atoms with Crippen LogP contribution in [0.25, 0.3) is 0 Å². The average molecular weight is 372 g/mol. The van der Waals surface area contributed by atoms with Crippen molar-refractivity contribution in [2.75, 3.05) is 0 Å². The first-order valence-corrected chi connectivity index (χ1v) is 8.42. The van der Waals surface area contributed by atoms with E-state index in [1.807, 2.05) is 47.0 Å². The number of thioether (sulfide) groups is 4. The first kappa shape index (κ1) is 11.8. The van der Waals surface area contributed by atoms with Crippen LogP contribution in [0.5, 0.6) is 0 Å². The van der Waals surface area contributed by atoms with Crippen molar-refractivity contribution in [1.82, 2.24) is 0 Å². The van der Waals surface area contributed by atoms with Gasteiger partial charge >= 0.3 is 0 Å². The molecule has 0 atom stereocenters. The molecule has 0 aromatic rings. The van der Waals surface area contributed by atoms with E-state index in [2.05, 4.69) is 43.4 Å². The number of hydrogen-bond donors (Lipinski definition) is 0. The van der Waals surface area contributed by atoms with Crippen LogP contribution in [0, 0.1) is 0 Å². The van der Waals surface area contributed by atoms with Crippen molar-refractivity contribution < 1.29 is 0 Å². The van der Waals surface area contributed by atoms with Gasteiger partial charge in [0, 0.05) is 4.91 Å². The maximum atomic E-state index is 2.43. The van der Waals surface area contributed by atoms with Crippen LogP contribution in [0.15, 0.2) is 26.1 Å². The lowest BCUT2D eigenvalue weighted by atomic mass is 10.6. The molecule has 2 heterocycles. The Kier molecular flexibility index (Phi) is 3.96. The van der Waals surface area contributed by atoms with Gasteiger partial charge in [-0.2, -0.15) is 0 Å². The summed E-state index contributed by atoms with van der Waals surface area (Å²) in [6.45, 7) is 6.61. The molecule has 2 aliphatic heterocycles. The van der Waals surface area contributed by atoms with Crippen molar-refractivity contribution in [3.8, 4) is 0 Å². The lowest BCUT2D eigenvalue weighted by Crippen LogP contribution is -1.66. The van der Waals surface area contributed by atoms with E-state index in [0.717, 1.165) is 0 Å². The van der Waals surface area contributed by atoms with Gasteiger partial charge in [-0.3, -0.25) is 0 Å². The molecule has 2 rings (SSSR count). The molecule has 76 valence electrons. The van der Waals surface area contributed by atoms with E-state index in [1.165, 1.54) is 26.1 Å². The lowest BCUT2D eigenvalue weighted by Gasteiger charge is -2.00. The molecule has 14 heavy (non-hydrogen) atoms. The van der Waals surface area contributed by atoms with Gasteiger partial charge in [0.05, 0.1) is 11.4 Å². The Morgan fingerprint density at radius 1 is 0.714 bits per heavy atom. The number of hydrogen-bond acceptors (Lipinski definition) is 4. The summed E-state index contributed by atoms with van der Waals surface area (Å²) in [6.07, 6.45) is 0. The second kappa shape index (κ2) is 4.69. The maximum absolute atomic E-state index is 2.43. The highest BCUT2D eigenvalue weighted by molar-refractivity contribution is 14.1. The van der Waals surface area contributed by atoms with Crippen molar-refractivity contribution >= 4 is 69.6 Å². The van der Waals surface area contributed by atoms with Gasteiger partial charge in [0.2, 0.25) is 0 Å². The van der Waals surface area contributed by atoms with Crippen LogP contribution in [-0.4, -0.2) is 0 Å². The van der Waals surface area contributed by atoms with E-state index >= 15 is 0 Å². The molecule has 0 aromatic carbocycles. The normalized spacial score (nSPS) is 23.1. The fourth-order valence-corrected chi connectivity index (χ4v) is 7.45. The van der Waals surface area contributed by atoms with Gasteiger partial charge in [-0.05, 0) is 53.2 Å². The van der Waals surface area contributed by atoms with Crippen LogP contribution in [0.2, 0.25) is 0 Å². The summed E-state index contributed by atoms with van der Waals surface area (Å²) in [7, 11) is 0. The Labute approximate surface area is 115 Å². The molecule has 0 saturated heterocycles. The third-order valence-electron chi connectivity index (χ3n) is 1.86. The Balaban J connectivity index is 2.17. The molecule has 0 nitrogen and oxygen atoms in total. The fourth-order valence-electron chi connectivity index (χ4n) is 0.963. The van der Waals surface area contributed by atoms with E-state index < -0.39 is 0 Å². The molecule has 0 radical (unpaired) electrons. The highest BCUT2D eigenvalue weighted by atomic mass is 127.